The van der Waals surface area contributed by atoms with Gasteiger partial charge in [0, 0.05) is 35.5 Å². The molecule has 1 aromatic carbocycles. The van der Waals surface area contributed by atoms with Crippen LogP contribution in [0.15, 0.2) is 42.6 Å². The third kappa shape index (κ3) is 6.41. The van der Waals surface area contributed by atoms with Crippen LogP contribution in [0, 0.1) is 5.92 Å². The summed E-state index contributed by atoms with van der Waals surface area (Å²) in [7, 11) is 0. The second-order valence-corrected chi connectivity index (χ2v) is 8.65. The van der Waals surface area contributed by atoms with Crippen LogP contribution in [0.1, 0.15) is 45.9 Å². The van der Waals surface area contributed by atoms with Gasteiger partial charge in [-0.2, -0.15) is 0 Å². The van der Waals surface area contributed by atoms with E-state index >= 15 is 0 Å². The maximum absolute atomic E-state index is 12.7. The monoisotopic (exact) mass is 375 g/mol. The molecule has 0 radical (unpaired) electrons. The highest BCUT2D eigenvalue weighted by Crippen LogP contribution is 2.15. The summed E-state index contributed by atoms with van der Waals surface area (Å²) in [5, 5.41) is 3.81. The molecule has 1 N–H and O–H groups in total. The molecule has 0 atom stereocenters. The lowest BCUT2D eigenvalue weighted by Crippen LogP contribution is -2.49. The van der Waals surface area contributed by atoms with Crippen LogP contribution in [0.25, 0.3) is 0 Å². The maximum atomic E-state index is 12.7. The molecule has 0 aliphatic rings. The van der Waals surface area contributed by atoms with Crippen LogP contribution < -0.4 is 5.32 Å². The van der Waals surface area contributed by atoms with Crippen molar-refractivity contribution in [3.05, 3.63) is 58.9 Å². The fraction of sp³-hybridized carbons (Fsp3) is 0.476. The second kappa shape index (κ2) is 8.63. The molecule has 1 aromatic heterocycles. The fourth-order valence-electron chi connectivity index (χ4n) is 2.83. The average molecular weight is 376 g/mol. The Morgan fingerprint density at radius 2 is 1.96 bits per heavy atom. The quantitative estimate of drug-likeness (QED) is 0.744. The number of hydrogen-bond acceptors (Lipinski definition) is 1. The summed E-state index contributed by atoms with van der Waals surface area (Å²) in [6.07, 6.45) is 2.05. The van der Waals surface area contributed by atoms with Crippen molar-refractivity contribution in [2.75, 3.05) is 6.54 Å². The first-order valence-electron chi connectivity index (χ1n) is 9.09. The molecule has 0 aliphatic heterocycles. The van der Waals surface area contributed by atoms with E-state index in [2.05, 4.69) is 35.9 Å². The lowest BCUT2D eigenvalue weighted by molar-refractivity contribution is 0.177. The number of rotatable bonds is 6. The van der Waals surface area contributed by atoms with Crippen molar-refractivity contribution in [2.45, 2.75) is 53.2 Å². The normalized spacial score (nSPS) is 11.7. The van der Waals surface area contributed by atoms with Crippen LogP contribution in [0.2, 0.25) is 5.02 Å². The Morgan fingerprint density at radius 1 is 1.23 bits per heavy atom. The van der Waals surface area contributed by atoms with E-state index in [4.69, 9.17) is 11.6 Å². The van der Waals surface area contributed by atoms with Crippen LogP contribution in [0.4, 0.5) is 4.79 Å². The van der Waals surface area contributed by atoms with E-state index in [-0.39, 0.29) is 11.6 Å². The summed E-state index contributed by atoms with van der Waals surface area (Å²) in [4.78, 5) is 14.6. The molecule has 2 amide bonds. The number of carbonyl (C=O) groups is 1. The zero-order valence-electron chi connectivity index (χ0n) is 16.4. The van der Waals surface area contributed by atoms with Crippen molar-refractivity contribution in [3.8, 4) is 0 Å². The van der Waals surface area contributed by atoms with Gasteiger partial charge in [0.2, 0.25) is 0 Å². The molecule has 5 heteroatoms. The smallest absolute Gasteiger partial charge is 0.318 e. The minimum Gasteiger partial charge on any atom is -0.345 e. The fourth-order valence-corrected chi connectivity index (χ4v) is 3.05. The maximum Gasteiger partial charge on any atom is 0.318 e. The van der Waals surface area contributed by atoms with Crippen molar-refractivity contribution in [1.29, 1.82) is 0 Å². The van der Waals surface area contributed by atoms with Gasteiger partial charge >= 0.3 is 6.03 Å². The average Bonchev–Trinajstić information content (AvgIpc) is 2.91. The van der Waals surface area contributed by atoms with E-state index in [1.807, 2.05) is 56.1 Å². The van der Waals surface area contributed by atoms with Crippen LogP contribution in [-0.2, 0) is 13.1 Å². The molecule has 26 heavy (non-hydrogen) atoms. The minimum atomic E-state index is -0.255. The zero-order chi connectivity index (χ0) is 19.3. The third-order valence-corrected chi connectivity index (χ3v) is 4.11. The van der Waals surface area contributed by atoms with Crippen molar-refractivity contribution >= 4 is 17.6 Å². The summed E-state index contributed by atoms with van der Waals surface area (Å²) in [5.74, 6) is 0.400. The van der Waals surface area contributed by atoms with Gasteiger partial charge in [-0.05, 0) is 56.5 Å². The first-order valence-corrected chi connectivity index (χ1v) is 9.47. The highest BCUT2D eigenvalue weighted by atomic mass is 35.5. The SMILES string of the molecule is CC(C)CN(Cc1cccn1Cc1cccc(Cl)c1)C(=O)NC(C)(C)C. The van der Waals surface area contributed by atoms with E-state index in [1.54, 1.807) is 0 Å². The topological polar surface area (TPSA) is 37.3 Å². The van der Waals surface area contributed by atoms with E-state index in [9.17, 15) is 4.79 Å². The number of amides is 2. The Morgan fingerprint density at radius 3 is 2.58 bits per heavy atom. The number of benzene rings is 1. The van der Waals surface area contributed by atoms with E-state index in [0.29, 0.717) is 19.0 Å². The predicted octanol–water partition coefficient (Wildman–Crippen LogP) is 5.16. The standard InChI is InChI=1S/C21H30ClN3O/c1-16(2)13-25(20(26)23-21(3,4)5)15-19-10-7-11-24(19)14-17-8-6-9-18(22)12-17/h6-12,16H,13-15H2,1-5H3,(H,23,26). The first kappa shape index (κ1) is 20.4. The molecular weight excluding hydrogens is 346 g/mol. The number of carbonyl (C=O) groups excluding carboxylic acids is 1. The van der Waals surface area contributed by atoms with Gasteiger partial charge < -0.3 is 14.8 Å². The zero-order valence-corrected chi connectivity index (χ0v) is 17.2. The van der Waals surface area contributed by atoms with Gasteiger partial charge in [-0.15, -0.1) is 0 Å². The number of halogens is 1. The summed E-state index contributed by atoms with van der Waals surface area (Å²) in [6.45, 7) is 12.3. The van der Waals surface area contributed by atoms with Crippen molar-refractivity contribution in [3.63, 3.8) is 0 Å². The van der Waals surface area contributed by atoms with Crippen LogP contribution in [0.5, 0.6) is 0 Å². The molecular formula is C21H30ClN3O. The van der Waals surface area contributed by atoms with Gasteiger partial charge in [0.25, 0.3) is 0 Å². The van der Waals surface area contributed by atoms with Gasteiger partial charge in [-0.25, -0.2) is 4.79 Å². The van der Waals surface area contributed by atoms with Crippen LogP contribution in [0.3, 0.4) is 0 Å². The van der Waals surface area contributed by atoms with Gasteiger partial charge in [-0.1, -0.05) is 37.6 Å². The number of urea groups is 1. The Kier molecular flexibility index (Phi) is 6.76. The molecule has 0 fully saturated rings. The molecule has 4 nitrogen and oxygen atoms in total. The predicted molar refractivity (Wildman–Crippen MR) is 109 cm³/mol. The Bertz CT molecular complexity index is 731. The minimum absolute atomic E-state index is 0.0262. The molecule has 0 aliphatic carbocycles. The molecule has 0 spiro atoms. The Hall–Kier alpha value is -1.94. The highest BCUT2D eigenvalue weighted by molar-refractivity contribution is 6.30. The van der Waals surface area contributed by atoms with E-state index in [1.165, 1.54) is 0 Å². The van der Waals surface area contributed by atoms with Crippen LogP contribution in [-0.4, -0.2) is 27.6 Å². The van der Waals surface area contributed by atoms with Crippen LogP contribution >= 0.6 is 11.6 Å². The third-order valence-electron chi connectivity index (χ3n) is 3.87. The molecule has 0 saturated carbocycles. The molecule has 2 aromatic rings. The molecule has 0 bridgehead atoms. The number of nitrogens with one attached hydrogen (secondary N) is 1. The molecule has 0 saturated heterocycles. The number of aromatic nitrogens is 1. The summed E-state index contributed by atoms with van der Waals surface area (Å²) in [6, 6.07) is 11.9. The van der Waals surface area contributed by atoms with Crippen molar-refractivity contribution in [2.24, 2.45) is 5.92 Å². The largest absolute Gasteiger partial charge is 0.345 e. The van der Waals surface area contributed by atoms with E-state index < -0.39 is 0 Å². The lowest BCUT2D eigenvalue weighted by atomic mass is 10.1. The first-order chi connectivity index (χ1) is 12.1. The van der Waals surface area contributed by atoms with Gasteiger partial charge in [0.1, 0.15) is 0 Å². The molecule has 0 unspecified atom stereocenters. The molecule has 1 heterocycles. The van der Waals surface area contributed by atoms with Gasteiger partial charge in [-0.3, -0.25) is 0 Å². The molecule has 142 valence electrons. The van der Waals surface area contributed by atoms with Crippen molar-refractivity contribution in [1.82, 2.24) is 14.8 Å². The Labute approximate surface area is 162 Å². The number of nitrogens with zero attached hydrogens (tertiary/aromatic N) is 2. The summed E-state index contributed by atoms with van der Waals surface area (Å²) >= 11 is 6.10. The van der Waals surface area contributed by atoms with Crippen molar-refractivity contribution < 1.29 is 4.79 Å². The Balaban J connectivity index is 2.15. The number of hydrogen-bond donors (Lipinski definition) is 1. The highest BCUT2D eigenvalue weighted by Gasteiger charge is 2.21. The second-order valence-electron chi connectivity index (χ2n) is 8.21. The lowest BCUT2D eigenvalue weighted by Gasteiger charge is -2.30. The summed E-state index contributed by atoms with van der Waals surface area (Å²) < 4.78 is 2.17. The molecule has 2 rings (SSSR count). The van der Waals surface area contributed by atoms with E-state index in [0.717, 1.165) is 22.8 Å². The van der Waals surface area contributed by atoms with Gasteiger partial charge in [0.05, 0.1) is 6.54 Å². The van der Waals surface area contributed by atoms with Gasteiger partial charge in [0.15, 0.2) is 0 Å². The summed E-state index contributed by atoms with van der Waals surface area (Å²) in [5.41, 5.74) is 1.99.